The largest absolute Gasteiger partial charge is 0.508 e. The Labute approximate surface area is 172 Å². The number of esters is 2. The maximum absolute atomic E-state index is 12.0. The minimum absolute atomic E-state index is 0.134. The molecule has 0 aliphatic heterocycles. The van der Waals surface area contributed by atoms with Gasteiger partial charge < -0.3 is 14.6 Å². The SMILES string of the molecule is CCC(CC(CC(C)C(=O)OC)c1ccc(OC(C)=O)cc1)c1ccc(O)cc1. The molecule has 0 aliphatic rings. The molecular weight excluding hydrogens is 368 g/mol. The second-order valence-electron chi connectivity index (χ2n) is 7.45. The first kappa shape index (κ1) is 22.5. The summed E-state index contributed by atoms with van der Waals surface area (Å²) in [6.45, 7) is 5.40. The summed E-state index contributed by atoms with van der Waals surface area (Å²) in [6, 6.07) is 14.8. The lowest BCUT2D eigenvalue weighted by atomic mass is 9.79. The standard InChI is InChI=1S/C24H30O5/c1-5-18(19-6-10-22(26)11-7-19)15-21(14-16(2)24(27)28-4)20-8-12-23(13-9-20)29-17(3)25/h6-13,16,18,21,26H,5,14-15H2,1-4H3. The van der Waals surface area contributed by atoms with Crippen molar-refractivity contribution in [1.82, 2.24) is 0 Å². The van der Waals surface area contributed by atoms with Crippen molar-refractivity contribution in [3.8, 4) is 11.5 Å². The molecule has 0 amide bonds. The van der Waals surface area contributed by atoms with E-state index in [1.165, 1.54) is 14.0 Å². The summed E-state index contributed by atoms with van der Waals surface area (Å²) in [5, 5.41) is 9.58. The third kappa shape index (κ3) is 6.63. The van der Waals surface area contributed by atoms with E-state index in [-0.39, 0.29) is 29.5 Å². The van der Waals surface area contributed by atoms with E-state index in [9.17, 15) is 14.7 Å². The number of methoxy groups -OCH3 is 1. The van der Waals surface area contributed by atoms with Crippen LogP contribution in [0, 0.1) is 5.92 Å². The van der Waals surface area contributed by atoms with Crippen LogP contribution in [-0.4, -0.2) is 24.2 Å². The lowest BCUT2D eigenvalue weighted by molar-refractivity contribution is -0.145. The Kier molecular flexibility index (Phi) is 8.25. The summed E-state index contributed by atoms with van der Waals surface area (Å²) in [4.78, 5) is 23.2. The van der Waals surface area contributed by atoms with E-state index in [1.54, 1.807) is 24.3 Å². The Morgan fingerprint density at radius 3 is 2.00 bits per heavy atom. The van der Waals surface area contributed by atoms with Gasteiger partial charge in [-0.05, 0) is 66.5 Å². The van der Waals surface area contributed by atoms with Crippen LogP contribution < -0.4 is 4.74 Å². The van der Waals surface area contributed by atoms with Crippen molar-refractivity contribution in [3.05, 3.63) is 59.7 Å². The van der Waals surface area contributed by atoms with Gasteiger partial charge in [-0.3, -0.25) is 9.59 Å². The maximum Gasteiger partial charge on any atom is 0.308 e. The molecule has 0 saturated carbocycles. The minimum atomic E-state index is -0.355. The third-order valence-electron chi connectivity index (χ3n) is 5.28. The van der Waals surface area contributed by atoms with Crippen molar-refractivity contribution in [2.24, 2.45) is 5.92 Å². The van der Waals surface area contributed by atoms with Crippen molar-refractivity contribution in [2.45, 2.75) is 51.9 Å². The average molecular weight is 398 g/mol. The second-order valence-corrected chi connectivity index (χ2v) is 7.45. The quantitative estimate of drug-likeness (QED) is 0.465. The lowest BCUT2D eigenvalue weighted by Gasteiger charge is -2.25. The van der Waals surface area contributed by atoms with Gasteiger partial charge in [-0.15, -0.1) is 0 Å². The fraction of sp³-hybridized carbons (Fsp3) is 0.417. The van der Waals surface area contributed by atoms with Crippen LogP contribution in [0.1, 0.15) is 63.0 Å². The molecule has 0 bridgehead atoms. The van der Waals surface area contributed by atoms with Crippen molar-refractivity contribution in [2.75, 3.05) is 7.11 Å². The molecule has 2 aromatic rings. The van der Waals surface area contributed by atoms with Gasteiger partial charge in [-0.1, -0.05) is 38.1 Å². The normalized spacial score (nSPS) is 13.9. The number of phenolic OH excluding ortho intramolecular Hbond substituents is 1. The molecule has 5 heteroatoms. The Bertz CT molecular complexity index is 795. The van der Waals surface area contributed by atoms with Gasteiger partial charge in [0.1, 0.15) is 11.5 Å². The Morgan fingerprint density at radius 1 is 0.931 bits per heavy atom. The van der Waals surface area contributed by atoms with E-state index in [2.05, 4.69) is 6.92 Å². The van der Waals surface area contributed by atoms with E-state index in [0.29, 0.717) is 18.1 Å². The predicted molar refractivity (Wildman–Crippen MR) is 112 cm³/mol. The van der Waals surface area contributed by atoms with Gasteiger partial charge >= 0.3 is 11.9 Å². The Balaban J connectivity index is 2.26. The Hall–Kier alpha value is -2.82. The zero-order valence-electron chi connectivity index (χ0n) is 17.6. The van der Waals surface area contributed by atoms with Crippen LogP contribution >= 0.6 is 0 Å². The monoisotopic (exact) mass is 398 g/mol. The number of benzene rings is 2. The van der Waals surface area contributed by atoms with E-state index in [4.69, 9.17) is 9.47 Å². The van der Waals surface area contributed by atoms with Crippen LogP contribution in [0.4, 0.5) is 0 Å². The van der Waals surface area contributed by atoms with Gasteiger partial charge in [0.15, 0.2) is 0 Å². The highest BCUT2D eigenvalue weighted by Crippen LogP contribution is 2.37. The third-order valence-corrected chi connectivity index (χ3v) is 5.28. The summed E-state index contributed by atoms with van der Waals surface area (Å²) in [5.74, 6) is 0.381. The van der Waals surface area contributed by atoms with Crippen LogP contribution in [0.15, 0.2) is 48.5 Å². The van der Waals surface area contributed by atoms with Crippen LogP contribution in [0.25, 0.3) is 0 Å². The highest BCUT2D eigenvalue weighted by atomic mass is 16.5. The van der Waals surface area contributed by atoms with E-state index in [0.717, 1.165) is 24.0 Å². The molecule has 3 unspecified atom stereocenters. The van der Waals surface area contributed by atoms with Crippen molar-refractivity contribution in [3.63, 3.8) is 0 Å². The van der Waals surface area contributed by atoms with Gasteiger partial charge in [0.25, 0.3) is 0 Å². The molecule has 0 radical (unpaired) electrons. The molecule has 3 atom stereocenters. The van der Waals surface area contributed by atoms with E-state index in [1.807, 2.05) is 31.2 Å². The fourth-order valence-electron chi connectivity index (χ4n) is 3.69. The second kappa shape index (κ2) is 10.6. The fourth-order valence-corrected chi connectivity index (χ4v) is 3.69. The number of ether oxygens (including phenoxy) is 2. The van der Waals surface area contributed by atoms with E-state index < -0.39 is 0 Å². The summed E-state index contributed by atoms with van der Waals surface area (Å²) >= 11 is 0. The molecule has 0 saturated heterocycles. The number of hydrogen-bond acceptors (Lipinski definition) is 5. The topological polar surface area (TPSA) is 72.8 Å². The molecule has 1 N–H and O–H groups in total. The maximum atomic E-state index is 12.0. The highest BCUT2D eigenvalue weighted by molar-refractivity contribution is 5.72. The van der Waals surface area contributed by atoms with Crippen molar-refractivity contribution < 1.29 is 24.2 Å². The molecule has 0 spiro atoms. The molecule has 0 aromatic heterocycles. The van der Waals surface area contributed by atoms with Gasteiger partial charge in [0, 0.05) is 6.92 Å². The molecule has 0 aliphatic carbocycles. The predicted octanol–water partition coefficient (Wildman–Crippen LogP) is 5.18. The molecule has 29 heavy (non-hydrogen) atoms. The molecule has 2 rings (SSSR count). The molecular formula is C24H30O5. The summed E-state index contributed by atoms with van der Waals surface area (Å²) < 4.78 is 10.0. The molecule has 5 nitrogen and oxygen atoms in total. The Morgan fingerprint density at radius 2 is 1.48 bits per heavy atom. The molecule has 156 valence electrons. The summed E-state index contributed by atoms with van der Waals surface area (Å²) in [6.07, 6.45) is 2.46. The number of carbonyl (C=O) groups excluding carboxylic acids is 2. The number of carbonyl (C=O) groups is 2. The van der Waals surface area contributed by atoms with Gasteiger partial charge in [0.2, 0.25) is 0 Å². The highest BCUT2D eigenvalue weighted by Gasteiger charge is 2.24. The van der Waals surface area contributed by atoms with Crippen LogP contribution in [0.2, 0.25) is 0 Å². The number of hydrogen-bond donors (Lipinski definition) is 1. The lowest BCUT2D eigenvalue weighted by Crippen LogP contribution is -2.17. The number of phenols is 1. The molecule has 0 heterocycles. The zero-order chi connectivity index (χ0) is 21.4. The van der Waals surface area contributed by atoms with E-state index >= 15 is 0 Å². The summed E-state index contributed by atoms with van der Waals surface area (Å²) in [7, 11) is 1.41. The first-order chi connectivity index (χ1) is 13.8. The summed E-state index contributed by atoms with van der Waals surface area (Å²) in [5.41, 5.74) is 2.26. The first-order valence-electron chi connectivity index (χ1n) is 9.99. The first-order valence-corrected chi connectivity index (χ1v) is 9.99. The van der Waals surface area contributed by atoms with Crippen molar-refractivity contribution >= 4 is 11.9 Å². The number of aromatic hydroxyl groups is 1. The molecule has 2 aromatic carbocycles. The molecule has 0 fully saturated rings. The smallest absolute Gasteiger partial charge is 0.308 e. The zero-order valence-corrected chi connectivity index (χ0v) is 17.6. The average Bonchev–Trinajstić information content (AvgIpc) is 2.71. The van der Waals surface area contributed by atoms with Crippen molar-refractivity contribution in [1.29, 1.82) is 0 Å². The van der Waals surface area contributed by atoms with Gasteiger partial charge in [-0.2, -0.15) is 0 Å². The van der Waals surface area contributed by atoms with Crippen LogP contribution in [0.3, 0.4) is 0 Å². The van der Waals surface area contributed by atoms with Gasteiger partial charge in [-0.25, -0.2) is 0 Å². The van der Waals surface area contributed by atoms with Crippen LogP contribution in [-0.2, 0) is 14.3 Å². The number of rotatable bonds is 9. The van der Waals surface area contributed by atoms with Gasteiger partial charge in [0.05, 0.1) is 13.0 Å². The minimum Gasteiger partial charge on any atom is -0.508 e. The van der Waals surface area contributed by atoms with Crippen LogP contribution in [0.5, 0.6) is 11.5 Å².